The van der Waals surface area contributed by atoms with Gasteiger partial charge in [0.15, 0.2) is 0 Å². The van der Waals surface area contributed by atoms with Crippen LogP contribution < -0.4 is 5.32 Å². The molecule has 0 radical (unpaired) electrons. The van der Waals surface area contributed by atoms with Crippen LogP contribution in [0.2, 0.25) is 0 Å². The van der Waals surface area contributed by atoms with Gasteiger partial charge in [0.2, 0.25) is 0 Å². The van der Waals surface area contributed by atoms with E-state index in [1.165, 1.54) is 44.2 Å². The second-order valence-corrected chi connectivity index (χ2v) is 5.39. The minimum Gasteiger partial charge on any atom is -0.314 e. The van der Waals surface area contributed by atoms with Gasteiger partial charge in [-0.15, -0.1) is 0 Å². The van der Waals surface area contributed by atoms with Crippen LogP contribution in [0.3, 0.4) is 0 Å². The lowest BCUT2D eigenvalue weighted by Gasteiger charge is -2.33. The quantitative estimate of drug-likeness (QED) is 0.799. The van der Waals surface area contributed by atoms with Crippen molar-refractivity contribution >= 4 is 0 Å². The Bertz CT molecular complexity index is 333. The first-order valence-corrected chi connectivity index (χ1v) is 6.71. The van der Waals surface area contributed by atoms with E-state index >= 15 is 0 Å². The van der Waals surface area contributed by atoms with Crippen LogP contribution in [-0.4, -0.2) is 12.6 Å². The van der Waals surface area contributed by atoms with E-state index in [0.717, 1.165) is 17.9 Å². The molecule has 1 saturated heterocycles. The Hall–Kier alpha value is -0.820. The Balaban J connectivity index is 1.70. The molecular formula is C15H21N. The lowest BCUT2D eigenvalue weighted by Crippen LogP contribution is -2.35. The van der Waals surface area contributed by atoms with Crippen molar-refractivity contribution < 1.29 is 0 Å². The van der Waals surface area contributed by atoms with Gasteiger partial charge in [0.05, 0.1) is 0 Å². The van der Waals surface area contributed by atoms with Gasteiger partial charge in [0.1, 0.15) is 0 Å². The van der Waals surface area contributed by atoms with Gasteiger partial charge in [-0.05, 0) is 49.6 Å². The average Bonchev–Trinajstić information content (AvgIpc) is 2.80. The van der Waals surface area contributed by atoms with Crippen LogP contribution in [-0.2, 0) is 6.42 Å². The van der Waals surface area contributed by atoms with Crippen molar-refractivity contribution in [3.8, 4) is 0 Å². The molecule has 1 aliphatic heterocycles. The number of nitrogens with one attached hydrogen (secondary N) is 1. The summed E-state index contributed by atoms with van der Waals surface area (Å²) in [5, 5.41) is 3.67. The highest BCUT2D eigenvalue weighted by molar-refractivity contribution is 5.16. The highest BCUT2D eigenvalue weighted by Crippen LogP contribution is 2.37. The number of fused-ring (bicyclic) bond motifs is 1. The van der Waals surface area contributed by atoms with Crippen LogP contribution in [0.15, 0.2) is 30.3 Å². The van der Waals surface area contributed by atoms with Gasteiger partial charge in [0, 0.05) is 6.04 Å². The predicted molar refractivity (Wildman–Crippen MR) is 67.4 cm³/mol. The molecule has 3 rings (SSSR count). The first-order valence-electron chi connectivity index (χ1n) is 6.71. The molecule has 1 heteroatoms. The summed E-state index contributed by atoms with van der Waals surface area (Å²) in [5.74, 6) is 1.88. The monoisotopic (exact) mass is 215 g/mol. The van der Waals surface area contributed by atoms with Crippen LogP contribution >= 0.6 is 0 Å². The summed E-state index contributed by atoms with van der Waals surface area (Å²) in [7, 11) is 0. The molecule has 3 atom stereocenters. The van der Waals surface area contributed by atoms with Crippen molar-refractivity contribution in [2.24, 2.45) is 11.8 Å². The van der Waals surface area contributed by atoms with Gasteiger partial charge in [-0.2, -0.15) is 0 Å². The maximum atomic E-state index is 3.67. The first kappa shape index (κ1) is 10.3. The fraction of sp³-hybridized carbons (Fsp3) is 0.600. The minimum absolute atomic E-state index is 0.836. The van der Waals surface area contributed by atoms with Gasteiger partial charge in [0.25, 0.3) is 0 Å². The van der Waals surface area contributed by atoms with Crippen molar-refractivity contribution in [3.63, 3.8) is 0 Å². The molecule has 1 N–H and O–H groups in total. The van der Waals surface area contributed by atoms with Crippen LogP contribution in [0, 0.1) is 11.8 Å². The highest BCUT2D eigenvalue weighted by Gasteiger charge is 2.35. The molecule has 0 amide bonds. The van der Waals surface area contributed by atoms with Crippen molar-refractivity contribution in [3.05, 3.63) is 35.9 Å². The Kier molecular flexibility index (Phi) is 2.96. The molecule has 1 heterocycles. The van der Waals surface area contributed by atoms with E-state index in [1.54, 1.807) is 0 Å². The summed E-state index contributed by atoms with van der Waals surface area (Å²) in [6, 6.07) is 11.9. The molecule has 0 bridgehead atoms. The second-order valence-electron chi connectivity index (χ2n) is 5.39. The molecule has 3 unspecified atom stereocenters. The van der Waals surface area contributed by atoms with E-state index in [1.807, 2.05) is 0 Å². The molecule has 86 valence electrons. The third-order valence-electron chi connectivity index (χ3n) is 4.44. The van der Waals surface area contributed by atoms with Crippen molar-refractivity contribution in [2.45, 2.75) is 38.1 Å². The van der Waals surface area contributed by atoms with Crippen LogP contribution in [0.4, 0.5) is 0 Å². The number of hydrogen-bond acceptors (Lipinski definition) is 1. The topological polar surface area (TPSA) is 12.0 Å². The fourth-order valence-electron chi connectivity index (χ4n) is 3.65. The van der Waals surface area contributed by atoms with Gasteiger partial charge >= 0.3 is 0 Å². The predicted octanol–water partition coefficient (Wildman–Crippen LogP) is 3.01. The molecule has 2 fully saturated rings. The number of hydrogen-bond donors (Lipinski definition) is 1. The Morgan fingerprint density at radius 1 is 1.06 bits per heavy atom. The van der Waals surface area contributed by atoms with Crippen LogP contribution in [0.1, 0.15) is 31.2 Å². The van der Waals surface area contributed by atoms with Gasteiger partial charge in [-0.1, -0.05) is 36.8 Å². The standard InChI is InChI=1S/C15H21N/c1-2-5-12(6-3-1)11-13-7-4-8-15-14(13)9-10-16-15/h1-3,5-6,13-16H,4,7-11H2. The normalized spacial score (nSPS) is 33.6. The Labute approximate surface area is 98.3 Å². The zero-order chi connectivity index (χ0) is 10.8. The summed E-state index contributed by atoms with van der Waals surface area (Å²) in [4.78, 5) is 0. The Morgan fingerprint density at radius 3 is 2.81 bits per heavy atom. The van der Waals surface area contributed by atoms with E-state index in [0.29, 0.717) is 0 Å². The van der Waals surface area contributed by atoms with E-state index in [4.69, 9.17) is 0 Å². The smallest absolute Gasteiger partial charge is 0.00985 e. The molecule has 0 spiro atoms. The summed E-state index contributed by atoms with van der Waals surface area (Å²) in [6.07, 6.45) is 6.98. The maximum absolute atomic E-state index is 3.67. The summed E-state index contributed by atoms with van der Waals surface area (Å²) < 4.78 is 0. The van der Waals surface area contributed by atoms with Crippen LogP contribution in [0.5, 0.6) is 0 Å². The molecule has 1 saturated carbocycles. The summed E-state index contributed by atoms with van der Waals surface area (Å²) >= 11 is 0. The Morgan fingerprint density at radius 2 is 1.94 bits per heavy atom. The van der Waals surface area contributed by atoms with E-state index in [-0.39, 0.29) is 0 Å². The van der Waals surface area contributed by atoms with Gasteiger partial charge in [-0.25, -0.2) is 0 Å². The zero-order valence-electron chi connectivity index (χ0n) is 9.86. The van der Waals surface area contributed by atoms with Gasteiger partial charge in [-0.3, -0.25) is 0 Å². The third kappa shape index (κ3) is 2.01. The number of rotatable bonds is 2. The van der Waals surface area contributed by atoms with Crippen LogP contribution in [0.25, 0.3) is 0 Å². The average molecular weight is 215 g/mol. The molecular weight excluding hydrogens is 194 g/mol. The third-order valence-corrected chi connectivity index (χ3v) is 4.44. The minimum atomic E-state index is 0.836. The van der Waals surface area contributed by atoms with E-state index in [9.17, 15) is 0 Å². The number of benzene rings is 1. The molecule has 1 nitrogen and oxygen atoms in total. The summed E-state index contributed by atoms with van der Waals surface area (Å²) in [6.45, 7) is 1.25. The molecule has 2 aliphatic rings. The highest BCUT2D eigenvalue weighted by atomic mass is 15.0. The van der Waals surface area contributed by atoms with E-state index < -0.39 is 0 Å². The lowest BCUT2D eigenvalue weighted by molar-refractivity contribution is 0.218. The molecule has 1 aromatic rings. The lowest BCUT2D eigenvalue weighted by atomic mass is 9.74. The van der Waals surface area contributed by atoms with Crippen molar-refractivity contribution in [2.75, 3.05) is 6.54 Å². The molecule has 16 heavy (non-hydrogen) atoms. The fourth-order valence-corrected chi connectivity index (χ4v) is 3.65. The van der Waals surface area contributed by atoms with E-state index in [2.05, 4.69) is 35.6 Å². The SMILES string of the molecule is c1ccc(CC2CCCC3NCCC23)cc1. The first-order chi connectivity index (χ1) is 7.93. The molecule has 1 aliphatic carbocycles. The molecule has 1 aromatic carbocycles. The zero-order valence-corrected chi connectivity index (χ0v) is 9.86. The van der Waals surface area contributed by atoms with Crippen molar-refractivity contribution in [1.29, 1.82) is 0 Å². The second kappa shape index (κ2) is 4.58. The summed E-state index contributed by atoms with van der Waals surface area (Å²) in [5.41, 5.74) is 1.53. The molecule has 0 aromatic heterocycles. The largest absolute Gasteiger partial charge is 0.314 e. The maximum Gasteiger partial charge on any atom is 0.00985 e. The van der Waals surface area contributed by atoms with Crippen molar-refractivity contribution in [1.82, 2.24) is 5.32 Å². The van der Waals surface area contributed by atoms with Gasteiger partial charge < -0.3 is 5.32 Å².